The third kappa shape index (κ3) is 3.60. The third-order valence-corrected chi connectivity index (χ3v) is 6.56. The lowest BCUT2D eigenvalue weighted by atomic mass is 9.98. The van der Waals surface area contributed by atoms with Crippen molar-refractivity contribution in [2.75, 3.05) is 39.3 Å². The monoisotopic (exact) mass is 355 g/mol. The van der Waals surface area contributed by atoms with Gasteiger partial charge in [-0.05, 0) is 43.7 Å². The minimum atomic E-state index is -3.64. The number of hydrogen-bond acceptors (Lipinski definition) is 4. The molecule has 2 saturated heterocycles. The van der Waals surface area contributed by atoms with E-state index >= 15 is 0 Å². The van der Waals surface area contributed by atoms with Gasteiger partial charge in [-0.3, -0.25) is 4.79 Å². The van der Waals surface area contributed by atoms with E-state index in [-0.39, 0.29) is 29.8 Å². The molecule has 8 heteroatoms. The van der Waals surface area contributed by atoms with Gasteiger partial charge in [0.25, 0.3) is 0 Å². The molecule has 2 aliphatic heterocycles. The first-order valence-electron chi connectivity index (χ1n) is 8.24. The quantitative estimate of drug-likeness (QED) is 0.865. The number of benzene rings is 1. The number of nitrogens with zero attached hydrogens (tertiary/aromatic N) is 2. The van der Waals surface area contributed by atoms with Gasteiger partial charge >= 0.3 is 0 Å². The second-order valence-corrected chi connectivity index (χ2v) is 8.16. The van der Waals surface area contributed by atoms with Gasteiger partial charge < -0.3 is 10.2 Å². The molecule has 2 heterocycles. The van der Waals surface area contributed by atoms with Crippen LogP contribution in [0.2, 0.25) is 0 Å². The van der Waals surface area contributed by atoms with Crippen LogP contribution in [-0.2, 0) is 14.8 Å². The molecule has 1 atom stereocenters. The fourth-order valence-corrected chi connectivity index (χ4v) is 4.65. The van der Waals surface area contributed by atoms with Gasteiger partial charge in [0.2, 0.25) is 15.9 Å². The molecule has 0 radical (unpaired) electrons. The van der Waals surface area contributed by atoms with Crippen molar-refractivity contribution in [3.05, 3.63) is 30.1 Å². The lowest BCUT2D eigenvalue weighted by Gasteiger charge is -2.36. The molecule has 1 amide bonds. The van der Waals surface area contributed by atoms with Crippen LogP contribution < -0.4 is 5.32 Å². The number of amides is 1. The molecule has 0 saturated carbocycles. The highest BCUT2D eigenvalue weighted by Gasteiger charge is 2.32. The number of piperidine rings is 1. The highest BCUT2D eigenvalue weighted by Crippen LogP contribution is 2.20. The summed E-state index contributed by atoms with van der Waals surface area (Å²) < 4.78 is 39.5. The highest BCUT2D eigenvalue weighted by molar-refractivity contribution is 7.89. The lowest BCUT2D eigenvalue weighted by molar-refractivity contribution is -0.137. The summed E-state index contributed by atoms with van der Waals surface area (Å²) in [4.78, 5) is 14.3. The Balaban J connectivity index is 1.62. The number of hydrogen-bond donors (Lipinski definition) is 1. The molecule has 0 spiro atoms. The van der Waals surface area contributed by atoms with Gasteiger partial charge in [-0.2, -0.15) is 4.31 Å². The largest absolute Gasteiger partial charge is 0.340 e. The fourth-order valence-electron chi connectivity index (χ4n) is 3.23. The SMILES string of the molecule is O=C(C1CCCNC1)N1CCN(S(=O)(=O)c2ccc(F)cc2)CC1. The Kier molecular flexibility index (Phi) is 5.17. The molecule has 0 bridgehead atoms. The maximum Gasteiger partial charge on any atom is 0.243 e. The van der Waals surface area contributed by atoms with Crippen LogP contribution in [0.25, 0.3) is 0 Å². The summed E-state index contributed by atoms with van der Waals surface area (Å²) in [6, 6.07) is 4.83. The van der Waals surface area contributed by atoms with Crippen molar-refractivity contribution in [3.8, 4) is 0 Å². The maximum absolute atomic E-state index is 13.0. The molecular weight excluding hydrogens is 333 g/mol. The Bertz CT molecular complexity index is 679. The summed E-state index contributed by atoms with van der Waals surface area (Å²) in [5.41, 5.74) is 0. The van der Waals surface area contributed by atoms with E-state index in [4.69, 9.17) is 0 Å². The molecule has 2 aliphatic rings. The Morgan fingerprint density at radius 1 is 1.12 bits per heavy atom. The normalized spacial score (nSPS) is 23.2. The van der Waals surface area contributed by atoms with Crippen LogP contribution in [0, 0.1) is 11.7 Å². The maximum atomic E-state index is 13.0. The second kappa shape index (κ2) is 7.16. The van der Waals surface area contributed by atoms with Crippen LogP contribution in [0.4, 0.5) is 4.39 Å². The van der Waals surface area contributed by atoms with E-state index < -0.39 is 15.8 Å². The molecule has 0 aliphatic carbocycles. The summed E-state index contributed by atoms with van der Waals surface area (Å²) in [6.07, 6.45) is 1.88. The van der Waals surface area contributed by atoms with Crippen molar-refractivity contribution in [3.63, 3.8) is 0 Å². The molecule has 1 unspecified atom stereocenters. The van der Waals surface area contributed by atoms with Crippen LogP contribution in [0.15, 0.2) is 29.2 Å². The topological polar surface area (TPSA) is 69.7 Å². The predicted octanol–water partition coefficient (Wildman–Crippen LogP) is 0.658. The number of piperazine rings is 1. The number of carbonyl (C=O) groups excluding carboxylic acids is 1. The number of halogens is 1. The fraction of sp³-hybridized carbons (Fsp3) is 0.562. The third-order valence-electron chi connectivity index (χ3n) is 4.65. The van der Waals surface area contributed by atoms with Gasteiger partial charge in [0.15, 0.2) is 0 Å². The van der Waals surface area contributed by atoms with Gasteiger partial charge in [-0.1, -0.05) is 0 Å². The van der Waals surface area contributed by atoms with Crippen LogP contribution in [0.3, 0.4) is 0 Å². The van der Waals surface area contributed by atoms with Crippen LogP contribution in [0.5, 0.6) is 0 Å². The molecule has 1 aromatic rings. The van der Waals surface area contributed by atoms with E-state index in [1.54, 1.807) is 4.90 Å². The molecule has 24 heavy (non-hydrogen) atoms. The first-order chi connectivity index (χ1) is 11.5. The Morgan fingerprint density at radius 2 is 1.79 bits per heavy atom. The van der Waals surface area contributed by atoms with E-state index in [9.17, 15) is 17.6 Å². The summed E-state index contributed by atoms with van der Waals surface area (Å²) >= 11 is 0. The van der Waals surface area contributed by atoms with E-state index in [2.05, 4.69) is 5.32 Å². The minimum Gasteiger partial charge on any atom is -0.340 e. The summed E-state index contributed by atoms with van der Waals surface area (Å²) in [5, 5.41) is 3.23. The number of carbonyl (C=O) groups is 1. The predicted molar refractivity (Wildman–Crippen MR) is 87.3 cm³/mol. The molecule has 1 aromatic carbocycles. The molecule has 132 valence electrons. The van der Waals surface area contributed by atoms with Crippen molar-refractivity contribution >= 4 is 15.9 Å². The summed E-state index contributed by atoms with van der Waals surface area (Å²) in [6.45, 7) is 2.99. The zero-order valence-corrected chi connectivity index (χ0v) is 14.3. The average Bonchev–Trinajstić information content (AvgIpc) is 2.62. The molecule has 0 aromatic heterocycles. The minimum absolute atomic E-state index is 0.000921. The Morgan fingerprint density at radius 3 is 2.38 bits per heavy atom. The lowest BCUT2D eigenvalue weighted by Crippen LogP contribution is -2.53. The molecule has 1 N–H and O–H groups in total. The number of rotatable bonds is 3. The average molecular weight is 355 g/mol. The van der Waals surface area contributed by atoms with Gasteiger partial charge in [-0.15, -0.1) is 0 Å². The zero-order chi connectivity index (χ0) is 17.2. The van der Waals surface area contributed by atoms with Crippen molar-refractivity contribution < 1.29 is 17.6 Å². The van der Waals surface area contributed by atoms with Crippen molar-refractivity contribution in [1.29, 1.82) is 0 Å². The Hall–Kier alpha value is -1.51. The van der Waals surface area contributed by atoms with Crippen molar-refractivity contribution in [2.24, 2.45) is 5.92 Å². The highest BCUT2D eigenvalue weighted by atomic mass is 32.2. The Labute approximate surface area is 141 Å². The first-order valence-corrected chi connectivity index (χ1v) is 9.68. The summed E-state index contributed by atoms with van der Waals surface area (Å²) in [5.74, 6) is -0.356. The van der Waals surface area contributed by atoms with E-state index in [1.165, 1.54) is 16.4 Å². The van der Waals surface area contributed by atoms with Gasteiger partial charge in [-0.25, -0.2) is 12.8 Å². The van der Waals surface area contributed by atoms with Crippen molar-refractivity contribution in [2.45, 2.75) is 17.7 Å². The van der Waals surface area contributed by atoms with E-state index in [0.717, 1.165) is 31.5 Å². The zero-order valence-electron chi connectivity index (χ0n) is 13.4. The standard InChI is InChI=1S/C16H22FN3O3S/c17-14-3-5-15(6-4-14)24(22,23)20-10-8-19(9-11-20)16(21)13-2-1-7-18-12-13/h3-6,13,18H,1-2,7-12H2. The van der Waals surface area contributed by atoms with E-state index in [0.29, 0.717) is 19.6 Å². The molecule has 2 fully saturated rings. The van der Waals surface area contributed by atoms with Gasteiger partial charge in [0.05, 0.1) is 10.8 Å². The van der Waals surface area contributed by atoms with Crippen LogP contribution in [-0.4, -0.2) is 62.8 Å². The molecule has 3 rings (SSSR count). The summed E-state index contributed by atoms with van der Waals surface area (Å²) in [7, 11) is -3.64. The molecular formula is C16H22FN3O3S. The van der Waals surface area contributed by atoms with Crippen LogP contribution in [0.1, 0.15) is 12.8 Å². The number of sulfonamides is 1. The molecule has 6 nitrogen and oxygen atoms in total. The second-order valence-electron chi connectivity index (χ2n) is 6.23. The van der Waals surface area contributed by atoms with Crippen LogP contribution >= 0.6 is 0 Å². The first kappa shape index (κ1) is 17.3. The number of nitrogens with one attached hydrogen (secondary N) is 1. The van der Waals surface area contributed by atoms with Gasteiger partial charge in [0.1, 0.15) is 5.82 Å². The van der Waals surface area contributed by atoms with E-state index in [1.807, 2.05) is 0 Å². The smallest absolute Gasteiger partial charge is 0.243 e. The van der Waals surface area contributed by atoms with Gasteiger partial charge in [0, 0.05) is 32.7 Å². The van der Waals surface area contributed by atoms with Crippen molar-refractivity contribution in [1.82, 2.24) is 14.5 Å².